The molecule has 0 aromatic heterocycles. The molecule has 1 aromatic carbocycles. The van der Waals surface area contributed by atoms with Crippen LogP contribution < -0.4 is 5.73 Å². The van der Waals surface area contributed by atoms with Crippen molar-refractivity contribution in [3.05, 3.63) is 34.9 Å². The fourth-order valence-electron chi connectivity index (χ4n) is 2.35. The smallest absolute Gasteiger partial charge is 0.416 e. The molecule has 0 radical (unpaired) electrons. The molecule has 7 heteroatoms. The van der Waals surface area contributed by atoms with E-state index in [1.807, 2.05) is 0 Å². The number of benzene rings is 1. The highest BCUT2D eigenvalue weighted by atomic mass is 35.5. The first kappa shape index (κ1) is 16.8. The molecule has 0 heterocycles. The third-order valence-electron chi connectivity index (χ3n) is 3.34. The van der Waals surface area contributed by atoms with Crippen molar-refractivity contribution in [2.24, 2.45) is 5.73 Å². The van der Waals surface area contributed by atoms with Gasteiger partial charge >= 0.3 is 12.1 Å². The summed E-state index contributed by atoms with van der Waals surface area (Å²) in [4.78, 5) is 11.8. The number of esters is 1. The molecule has 3 nitrogen and oxygen atoms in total. The molecule has 2 N–H and O–H groups in total. The molecule has 2 rings (SSSR count). The Morgan fingerprint density at radius 3 is 2.65 bits per heavy atom. The van der Waals surface area contributed by atoms with Crippen LogP contribution in [0.2, 0.25) is 0 Å². The number of ether oxygens (including phenoxy) is 1. The van der Waals surface area contributed by atoms with Crippen molar-refractivity contribution < 1.29 is 22.7 Å². The van der Waals surface area contributed by atoms with E-state index in [0.29, 0.717) is 17.5 Å². The van der Waals surface area contributed by atoms with Crippen LogP contribution in [0.3, 0.4) is 0 Å². The van der Waals surface area contributed by atoms with Crippen LogP contribution in [0.4, 0.5) is 13.2 Å². The van der Waals surface area contributed by atoms with Crippen LogP contribution >= 0.6 is 12.4 Å². The summed E-state index contributed by atoms with van der Waals surface area (Å²) in [5, 5.41) is 0. The highest BCUT2D eigenvalue weighted by molar-refractivity contribution is 5.85. The second kappa shape index (κ2) is 5.61. The predicted octanol–water partition coefficient (Wildman–Crippen LogP) is 2.79. The Labute approximate surface area is 120 Å². The molecule has 0 saturated heterocycles. The first-order valence-corrected chi connectivity index (χ1v) is 5.95. The molecule has 0 fully saturated rings. The molecular formula is C13H15ClF3NO2. The summed E-state index contributed by atoms with van der Waals surface area (Å²) >= 11 is 0. The molecule has 0 saturated carbocycles. The molecule has 0 bridgehead atoms. The minimum absolute atomic E-state index is 0. The standard InChI is InChI=1S/C13H14F3NO2.ClH/c1-2-19-11(18)12(17)6-5-8-7-9(13(14,15)16)3-4-10(8)12;/h3-4,7H,2,5-6,17H2,1H3;1H. The van der Waals surface area contributed by atoms with Crippen LogP contribution in [0.1, 0.15) is 30.0 Å². The van der Waals surface area contributed by atoms with Crippen LogP contribution in [0.15, 0.2) is 18.2 Å². The lowest BCUT2D eigenvalue weighted by Crippen LogP contribution is -2.44. The van der Waals surface area contributed by atoms with Crippen molar-refractivity contribution in [2.45, 2.75) is 31.5 Å². The third-order valence-corrected chi connectivity index (χ3v) is 3.34. The Hall–Kier alpha value is -1.27. The summed E-state index contributed by atoms with van der Waals surface area (Å²) < 4.78 is 42.7. The van der Waals surface area contributed by atoms with E-state index in [2.05, 4.69) is 0 Å². The number of alkyl halides is 3. The second-order valence-corrected chi connectivity index (χ2v) is 4.56. The van der Waals surface area contributed by atoms with Gasteiger partial charge in [-0.25, -0.2) is 4.79 Å². The van der Waals surface area contributed by atoms with Gasteiger partial charge in [0, 0.05) is 0 Å². The molecule has 0 spiro atoms. The zero-order valence-electron chi connectivity index (χ0n) is 10.8. The molecule has 0 aliphatic heterocycles. The summed E-state index contributed by atoms with van der Waals surface area (Å²) in [7, 11) is 0. The highest BCUT2D eigenvalue weighted by Gasteiger charge is 2.44. The van der Waals surface area contributed by atoms with Gasteiger partial charge in [-0.3, -0.25) is 0 Å². The van der Waals surface area contributed by atoms with Crippen molar-refractivity contribution in [3.8, 4) is 0 Å². The molecule has 1 aliphatic rings. The largest absolute Gasteiger partial charge is 0.464 e. The third kappa shape index (κ3) is 2.76. The van der Waals surface area contributed by atoms with Gasteiger partial charge < -0.3 is 10.5 Å². The molecule has 1 aromatic rings. The summed E-state index contributed by atoms with van der Waals surface area (Å²) in [6.07, 6.45) is -3.78. The van der Waals surface area contributed by atoms with Gasteiger partial charge in [-0.1, -0.05) is 6.07 Å². The van der Waals surface area contributed by atoms with Crippen LogP contribution in [0, 0.1) is 0 Å². The first-order valence-electron chi connectivity index (χ1n) is 5.95. The maximum absolute atomic E-state index is 12.6. The van der Waals surface area contributed by atoms with Gasteiger partial charge in [0.1, 0.15) is 5.54 Å². The second-order valence-electron chi connectivity index (χ2n) is 4.56. The molecule has 0 amide bonds. The van der Waals surface area contributed by atoms with Crippen molar-refractivity contribution in [1.82, 2.24) is 0 Å². The van der Waals surface area contributed by atoms with Crippen molar-refractivity contribution in [3.63, 3.8) is 0 Å². The fraction of sp³-hybridized carbons (Fsp3) is 0.462. The lowest BCUT2D eigenvalue weighted by atomic mass is 9.92. The predicted molar refractivity (Wildman–Crippen MR) is 69.5 cm³/mol. The number of halogens is 4. The Balaban J connectivity index is 0.00000200. The van der Waals surface area contributed by atoms with E-state index in [4.69, 9.17) is 10.5 Å². The summed E-state index contributed by atoms with van der Waals surface area (Å²) in [5.41, 5.74) is 4.85. The van der Waals surface area contributed by atoms with Crippen molar-refractivity contribution in [2.75, 3.05) is 6.61 Å². The van der Waals surface area contributed by atoms with Gasteiger partial charge in [0.15, 0.2) is 0 Å². The maximum atomic E-state index is 12.6. The average Bonchev–Trinajstić information content (AvgIpc) is 2.67. The monoisotopic (exact) mass is 309 g/mol. The number of fused-ring (bicyclic) bond motifs is 1. The van der Waals surface area contributed by atoms with E-state index in [1.54, 1.807) is 6.92 Å². The maximum Gasteiger partial charge on any atom is 0.416 e. The summed E-state index contributed by atoms with van der Waals surface area (Å²) in [6, 6.07) is 3.29. The quantitative estimate of drug-likeness (QED) is 0.855. The van der Waals surface area contributed by atoms with E-state index in [-0.39, 0.29) is 25.4 Å². The van der Waals surface area contributed by atoms with E-state index in [9.17, 15) is 18.0 Å². The molecule has 112 valence electrons. The van der Waals surface area contributed by atoms with Crippen LogP contribution in [0.5, 0.6) is 0 Å². The molecular weight excluding hydrogens is 295 g/mol. The SMILES string of the molecule is CCOC(=O)C1(N)CCc2cc(C(F)(F)F)ccc21.Cl. The van der Waals surface area contributed by atoms with E-state index in [0.717, 1.165) is 12.1 Å². The fourth-order valence-corrected chi connectivity index (χ4v) is 2.35. The summed E-state index contributed by atoms with van der Waals surface area (Å²) in [5.74, 6) is -0.589. The average molecular weight is 310 g/mol. The lowest BCUT2D eigenvalue weighted by molar-refractivity contribution is -0.150. The van der Waals surface area contributed by atoms with Gasteiger partial charge in [0.2, 0.25) is 0 Å². The number of rotatable bonds is 2. The van der Waals surface area contributed by atoms with Crippen molar-refractivity contribution in [1.29, 1.82) is 0 Å². The lowest BCUT2D eigenvalue weighted by Gasteiger charge is -2.23. The zero-order chi connectivity index (χ0) is 14.3. The van der Waals surface area contributed by atoms with Gasteiger partial charge in [-0.2, -0.15) is 13.2 Å². The first-order chi connectivity index (χ1) is 8.79. The highest BCUT2D eigenvalue weighted by Crippen LogP contribution is 2.39. The van der Waals surface area contributed by atoms with E-state index < -0.39 is 23.2 Å². The normalized spacial score (nSPS) is 21.1. The molecule has 1 aliphatic carbocycles. The Morgan fingerprint density at radius 2 is 2.10 bits per heavy atom. The Bertz CT molecular complexity index is 519. The molecule has 20 heavy (non-hydrogen) atoms. The Morgan fingerprint density at radius 1 is 1.45 bits per heavy atom. The van der Waals surface area contributed by atoms with Crippen LogP contribution in [-0.4, -0.2) is 12.6 Å². The van der Waals surface area contributed by atoms with E-state index in [1.165, 1.54) is 6.07 Å². The number of carbonyl (C=O) groups excluding carboxylic acids is 1. The molecule has 1 atom stereocenters. The zero-order valence-corrected chi connectivity index (χ0v) is 11.6. The molecule has 1 unspecified atom stereocenters. The van der Waals surface area contributed by atoms with Gasteiger partial charge in [0.25, 0.3) is 0 Å². The number of nitrogens with two attached hydrogens (primary N) is 1. The minimum Gasteiger partial charge on any atom is -0.464 e. The summed E-state index contributed by atoms with van der Waals surface area (Å²) in [6.45, 7) is 1.84. The van der Waals surface area contributed by atoms with Crippen LogP contribution in [0.25, 0.3) is 0 Å². The number of carbonyl (C=O) groups is 1. The van der Waals surface area contributed by atoms with Crippen LogP contribution in [-0.2, 0) is 27.7 Å². The van der Waals surface area contributed by atoms with Gasteiger partial charge in [-0.15, -0.1) is 12.4 Å². The Kier molecular flexibility index (Phi) is 4.71. The topological polar surface area (TPSA) is 52.3 Å². The van der Waals surface area contributed by atoms with E-state index >= 15 is 0 Å². The number of hydrogen-bond acceptors (Lipinski definition) is 3. The number of hydrogen-bond donors (Lipinski definition) is 1. The van der Waals surface area contributed by atoms with Crippen molar-refractivity contribution >= 4 is 18.4 Å². The minimum atomic E-state index is -4.39. The number of aryl methyl sites for hydroxylation is 1. The van der Waals surface area contributed by atoms with Gasteiger partial charge in [-0.05, 0) is 43.0 Å². The van der Waals surface area contributed by atoms with Gasteiger partial charge in [0.05, 0.1) is 12.2 Å².